The van der Waals surface area contributed by atoms with Gasteiger partial charge in [-0.15, -0.1) is 6.42 Å². The molecule has 6 nitrogen and oxygen atoms in total. The molecule has 4 N–H and O–H groups in total. The number of aryl methyl sites for hydroxylation is 1. The number of hydrogen-bond donors (Lipinski definition) is 3. The van der Waals surface area contributed by atoms with Crippen LogP contribution in [0.1, 0.15) is 12.5 Å². The Morgan fingerprint density at radius 2 is 2.18 bits per heavy atom. The van der Waals surface area contributed by atoms with E-state index in [0.717, 1.165) is 5.56 Å². The third-order valence-corrected chi connectivity index (χ3v) is 2.75. The third kappa shape index (κ3) is 7.53. The van der Waals surface area contributed by atoms with E-state index in [1.807, 2.05) is 19.1 Å². The molecule has 0 aromatic heterocycles. The molecular weight excluding hydrogens is 308 g/mol. The van der Waals surface area contributed by atoms with E-state index >= 15 is 0 Å². The maximum Gasteiger partial charge on any atom is 0.325 e. The lowest BCUT2D eigenvalue weighted by molar-refractivity contribution is -0.140. The molecule has 1 aromatic rings. The van der Waals surface area contributed by atoms with E-state index in [2.05, 4.69) is 16.0 Å². The molecule has 0 spiro atoms. The van der Waals surface area contributed by atoms with E-state index < -0.39 is 18.0 Å². The summed E-state index contributed by atoms with van der Waals surface area (Å²) in [7, 11) is 0. The van der Waals surface area contributed by atoms with Crippen LogP contribution in [0.25, 0.3) is 0 Å². The van der Waals surface area contributed by atoms with Crippen molar-refractivity contribution in [3.63, 3.8) is 0 Å². The van der Waals surface area contributed by atoms with E-state index in [9.17, 15) is 9.59 Å². The molecule has 0 aliphatic heterocycles. The molecule has 1 atom stereocenters. The number of hydrogen-bond acceptors (Lipinski definition) is 5. The first-order valence-electron chi connectivity index (χ1n) is 6.37. The standard InChI is InChI=1S/C10H12ClNO2.C5H7NO2/c1-6-4-3-5-8(11)9(6)12-7(2)10(13)14;1-2-3-8-5(7)4-6/h3-5,7,12H,1-2H3,(H,13,14);1H,3-4,6H2/t7-;/m0./s1. The van der Waals surface area contributed by atoms with Crippen molar-refractivity contribution in [1.29, 1.82) is 0 Å². The maximum atomic E-state index is 10.6. The minimum atomic E-state index is -0.899. The summed E-state index contributed by atoms with van der Waals surface area (Å²) >= 11 is 5.92. The van der Waals surface area contributed by atoms with Gasteiger partial charge in [-0.05, 0) is 25.5 Å². The normalized spacial score (nSPS) is 10.5. The summed E-state index contributed by atoms with van der Waals surface area (Å²) in [5.41, 5.74) is 6.49. The highest BCUT2D eigenvalue weighted by Crippen LogP contribution is 2.25. The summed E-state index contributed by atoms with van der Waals surface area (Å²) in [5, 5.41) is 12.1. The first-order valence-corrected chi connectivity index (χ1v) is 6.74. The van der Waals surface area contributed by atoms with Crippen LogP contribution < -0.4 is 11.1 Å². The van der Waals surface area contributed by atoms with Crippen LogP contribution >= 0.6 is 11.6 Å². The van der Waals surface area contributed by atoms with Gasteiger partial charge in [0.1, 0.15) is 6.04 Å². The zero-order valence-corrected chi connectivity index (χ0v) is 13.2. The first kappa shape index (κ1) is 19.8. The summed E-state index contributed by atoms with van der Waals surface area (Å²) in [6.45, 7) is 3.35. The lowest BCUT2D eigenvalue weighted by Gasteiger charge is -2.14. The first-order chi connectivity index (χ1) is 10.3. The summed E-state index contributed by atoms with van der Waals surface area (Å²) in [4.78, 5) is 20.7. The van der Waals surface area contributed by atoms with Gasteiger partial charge in [-0.25, -0.2) is 0 Å². The highest BCUT2D eigenvalue weighted by molar-refractivity contribution is 6.33. The molecule has 0 fully saturated rings. The molecule has 0 heterocycles. The van der Waals surface area contributed by atoms with Gasteiger partial charge in [0.25, 0.3) is 0 Å². The number of rotatable bonds is 5. The van der Waals surface area contributed by atoms with Crippen LogP contribution in [-0.2, 0) is 14.3 Å². The van der Waals surface area contributed by atoms with E-state index in [-0.39, 0.29) is 13.2 Å². The van der Waals surface area contributed by atoms with Gasteiger partial charge in [0.15, 0.2) is 6.61 Å². The van der Waals surface area contributed by atoms with E-state index in [4.69, 9.17) is 28.9 Å². The van der Waals surface area contributed by atoms with Crippen LogP contribution in [0.3, 0.4) is 0 Å². The molecule has 0 amide bonds. The molecule has 7 heteroatoms. The Kier molecular flexibility index (Phi) is 9.43. The number of carbonyl (C=O) groups excluding carboxylic acids is 1. The zero-order chi connectivity index (χ0) is 17.1. The smallest absolute Gasteiger partial charge is 0.325 e. The fourth-order valence-corrected chi connectivity index (χ4v) is 1.55. The van der Waals surface area contributed by atoms with Crippen molar-refractivity contribution in [3.8, 4) is 12.3 Å². The van der Waals surface area contributed by atoms with Gasteiger partial charge >= 0.3 is 11.9 Å². The molecule has 22 heavy (non-hydrogen) atoms. The quantitative estimate of drug-likeness (QED) is 0.562. The number of nitrogens with one attached hydrogen (secondary N) is 1. The Bertz CT molecular complexity index is 535. The highest BCUT2D eigenvalue weighted by atomic mass is 35.5. The molecule has 0 bridgehead atoms. The molecule has 120 valence electrons. The molecule has 0 aliphatic rings. The summed E-state index contributed by atoms with van der Waals surface area (Å²) in [6.07, 6.45) is 4.76. The molecule has 0 radical (unpaired) electrons. The van der Waals surface area contributed by atoms with Crippen LogP contribution in [0.2, 0.25) is 5.02 Å². The SMILES string of the molecule is C#CCOC(=O)CN.Cc1cccc(Cl)c1N[C@@H](C)C(=O)O. The largest absolute Gasteiger partial charge is 0.480 e. The number of anilines is 1. The molecule has 0 aliphatic carbocycles. The third-order valence-electron chi connectivity index (χ3n) is 2.44. The van der Waals surface area contributed by atoms with Crippen molar-refractivity contribution in [1.82, 2.24) is 0 Å². The molecular formula is C15H19ClN2O4. The van der Waals surface area contributed by atoms with Crippen LogP contribution in [0, 0.1) is 19.3 Å². The lowest BCUT2D eigenvalue weighted by Crippen LogP contribution is -2.25. The summed E-state index contributed by atoms with van der Waals surface area (Å²) < 4.78 is 4.34. The second-order valence-electron chi connectivity index (χ2n) is 4.20. The molecule has 1 aromatic carbocycles. The fourth-order valence-electron chi connectivity index (χ4n) is 1.27. The van der Waals surface area contributed by atoms with Crippen molar-refractivity contribution >= 4 is 29.2 Å². The Balaban J connectivity index is 0.000000472. The van der Waals surface area contributed by atoms with Gasteiger partial charge in [0.2, 0.25) is 0 Å². The second-order valence-corrected chi connectivity index (χ2v) is 4.61. The fraction of sp³-hybridized carbons (Fsp3) is 0.333. The van der Waals surface area contributed by atoms with Gasteiger partial charge in [-0.2, -0.15) is 0 Å². The zero-order valence-electron chi connectivity index (χ0n) is 12.4. The number of carboxylic acid groups (broad SMARTS) is 1. The van der Waals surface area contributed by atoms with Crippen molar-refractivity contribution in [2.45, 2.75) is 19.9 Å². The number of benzene rings is 1. The average Bonchev–Trinajstić information content (AvgIpc) is 2.48. The number of carbonyl (C=O) groups is 2. The number of halogens is 1. The van der Waals surface area contributed by atoms with Crippen molar-refractivity contribution in [2.75, 3.05) is 18.5 Å². The second kappa shape index (κ2) is 10.5. The van der Waals surface area contributed by atoms with Crippen LogP contribution in [-0.4, -0.2) is 36.2 Å². The monoisotopic (exact) mass is 326 g/mol. The van der Waals surface area contributed by atoms with E-state index in [1.54, 1.807) is 13.0 Å². The average molecular weight is 327 g/mol. The Morgan fingerprint density at radius 3 is 2.64 bits per heavy atom. The predicted molar refractivity (Wildman–Crippen MR) is 85.8 cm³/mol. The van der Waals surface area contributed by atoms with Gasteiger partial charge in [0.05, 0.1) is 17.3 Å². The molecule has 0 unspecified atom stereocenters. The van der Waals surface area contributed by atoms with Crippen molar-refractivity contribution < 1.29 is 19.4 Å². The van der Waals surface area contributed by atoms with Crippen LogP contribution in [0.15, 0.2) is 18.2 Å². The number of nitrogens with two attached hydrogens (primary N) is 1. The number of para-hydroxylation sites is 1. The minimum absolute atomic E-state index is 0.00995. The van der Waals surface area contributed by atoms with Gasteiger partial charge in [0, 0.05) is 0 Å². The number of aliphatic carboxylic acids is 1. The van der Waals surface area contributed by atoms with Crippen molar-refractivity contribution in [3.05, 3.63) is 28.8 Å². The minimum Gasteiger partial charge on any atom is -0.480 e. The summed E-state index contributed by atoms with van der Waals surface area (Å²) in [5.74, 6) is 0.766. The van der Waals surface area contributed by atoms with Gasteiger partial charge in [-0.3, -0.25) is 9.59 Å². The van der Waals surface area contributed by atoms with Gasteiger partial charge < -0.3 is 20.9 Å². The highest BCUT2D eigenvalue weighted by Gasteiger charge is 2.12. The van der Waals surface area contributed by atoms with E-state index in [0.29, 0.717) is 10.7 Å². The van der Waals surface area contributed by atoms with Crippen molar-refractivity contribution in [2.24, 2.45) is 5.73 Å². The van der Waals surface area contributed by atoms with Gasteiger partial charge in [-0.1, -0.05) is 29.7 Å². The Hall–Kier alpha value is -2.23. The lowest BCUT2D eigenvalue weighted by atomic mass is 10.2. The molecule has 1 rings (SSSR count). The Morgan fingerprint density at radius 1 is 1.55 bits per heavy atom. The van der Waals surface area contributed by atoms with Crippen LogP contribution in [0.4, 0.5) is 5.69 Å². The maximum absolute atomic E-state index is 10.6. The summed E-state index contributed by atoms with van der Waals surface area (Å²) in [6, 6.07) is 4.79. The number of terminal acetylenes is 1. The predicted octanol–water partition coefficient (Wildman–Crippen LogP) is 1.65. The molecule has 0 saturated carbocycles. The van der Waals surface area contributed by atoms with E-state index in [1.165, 1.54) is 0 Å². The number of ether oxygens (including phenoxy) is 1. The Labute approximate surface area is 134 Å². The van der Waals surface area contributed by atoms with Crippen LogP contribution in [0.5, 0.6) is 0 Å². The topological polar surface area (TPSA) is 102 Å². The number of esters is 1. The molecule has 0 saturated heterocycles. The number of carboxylic acids is 1.